The molecule has 0 radical (unpaired) electrons. The highest BCUT2D eigenvalue weighted by Gasteiger charge is 2.38. The molecule has 5 rings (SSSR count). The number of fused-ring (bicyclic) bond motifs is 4. The number of methoxy groups -OCH3 is 1. The number of nitrogens with one attached hydrogen (secondary N) is 1. The molecular formula is C26H27N3O5. The second-order valence-electron chi connectivity index (χ2n) is 9.85. The van der Waals surface area contributed by atoms with Crippen LogP contribution in [0.5, 0.6) is 0 Å². The minimum absolute atomic E-state index is 0.0662. The number of likely N-dealkylation sites (tertiary alicyclic amines) is 1. The van der Waals surface area contributed by atoms with E-state index < -0.39 is 11.7 Å². The van der Waals surface area contributed by atoms with Gasteiger partial charge in [-0.3, -0.25) is 10.1 Å². The zero-order valence-corrected chi connectivity index (χ0v) is 19.7. The van der Waals surface area contributed by atoms with Crippen molar-refractivity contribution in [3.8, 4) is 11.1 Å². The fraction of sp³-hybridized carbons (Fsp3) is 0.346. The lowest BCUT2D eigenvalue weighted by Crippen LogP contribution is -2.36. The predicted octanol–water partition coefficient (Wildman–Crippen LogP) is 4.65. The highest BCUT2D eigenvalue weighted by molar-refractivity contribution is 6.22. The standard InChI is InChI=1S/C26H27N3O5/c1-26(2,3)34-25(32)29-13-15-11-28(12-16(15)14-29)18-6-8-20-19-7-5-17(27-24(31)33-4)9-21(19)23(30)22(20)10-18/h5-11,16H,12-14H2,1-4H3,(H,27,31). The van der Waals surface area contributed by atoms with Crippen molar-refractivity contribution < 1.29 is 23.9 Å². The van der Waals surface area contributed by atoms with Gasteiger partial charge in [0.1, 0.15) is 5.60 Å². The molecular weight excluding hydrogens is 434 g/mol. The molecule has 176 valence electrons. The van der Waals surface area contributed by atoms with Crippen LogP contribution >= 0.6 is 0 Å². The molecule has 1 fully saturated rings. The van der Waals surface area contributed by atoms with E-state index in [1.165, 1.54) is 12.7 Å². The molecule has 0 spiro atoms. The van der Waals surface area contributed by atoms with Crippen molar-refractivity contribution in [2.45, 2.75) is 26.4 Å². The van der Waals surface area contributed by atoms with E-state index in [9.17, 15) is 14.4 Å². The third-order valence-electron chi connectivity index (χ3n) is 6.29. The van der Waals surface area contributed by atoms with E-state index in [4.69, 9.17) is 4.74 Å². The van der Waals surface area contributed by atoms with Crippen molar-refractivity contribution in [2.75, 3.05) is 37.0 Å². The van der Waals surface area contributed by atoms with Gasteiger partial charge in [0.05, 0.1) is 7.11 Å². The summed E-state index contributed by atoms with van der Waals surface area (Å²) in [5, 5.41) is 2.60. The van der Waals surface area contributed by atoms with E-state index in [0.29, 0.717) is 29.9 Å². The minimum Gasteiger partial charge on any atom is -0.453 e. The summed E-state index contributed by atoms with van der Waals surface area (Å²) in [6, 6.07) is 11.2. The van der Waals surface area contributed by atoms with Crippen molar-refractivity contribution in [1.29, 1.82) is 0 Å². The maximum absolute atomic E-state index is 13.2. The largest absolute Gasteiger partial charge is 0.453 e. The van der Waals surface area contributed by atoms with Crippen LogP contribution in [-0.2, 0) is 9.47 Å². The molecule has 0 bridgehead atoms. The molecule has 1 N–H and O–H groups in total. The Hall–Kier alpha value is -3.81. The van der Waals surface area contributed by atoms with E-state index in [1.807, 2.05) is 45.0 Å². The van der Waals surface area contributed by atoms with Crippen LogP contribution in [0, 0.1) is 5.92 Å². The molecule has 34 heavy (non-hydrogen) atoms. The third kappa shape index (κ3) is 3.89. The van der Waals surface area contributed by atoms with Gasteiger partial charge in [-0.25, -0.2) is 9.59 Å². The lowest BCUT2D eigenvalue weighted by molar-refractivity contribution is 0.0290. The highest BCUT2D eigenvalue weighted by atomic mass is 16.6. The van der Waals surface area contributed by atoms with Crippen molar-refractivity contribution >= 4 is 29.3 Å². The Morgan fingerprint density at radius 1 is 1.00 bits per heavy atom. The van der Waals surface area contributed by atoms with Crippen LogP contribution in [0.1, 0.15) is 36.7 Å². The van der Waals surface area contributed by atoms with Gasteiger partial charge < -0.3 is 19.3 Å². The average molecular weight is 462 g/mol. The fourth-order valence-corrected chi connectivity index (χ4v) is 4.75. The Morgan fingerprint density at radius 2 is 1.71 bits per heavy atom. The number of ether oxygens (including phenoxy) is 2. The molecule has 0 saturated carbocycles. The van der Waals surface area contributed by atoms with Gasteiger partial charge in [-0.15, -0.1) is 0 Å². The molecule has 0 aromatic heterocycles. The van der Waals surface area contributed by atoms with E-state index in [-0.39, 0.29) is 17.8 Å². The van der Waals surface area contributed by atoms with Gasteiger partial charge in [-0.1, -0.05) is 12.1 Å². The number of carbonyl (C=O) groups excluding carboxylic acids is 3. The Labute approximate surface area is 198 Å². The number of ketones is 1. The monoisotopic (exact) mass is 461 g/mol. The fourth-order valence-electron chi connectivity index (χ4n) is 4.75. The van der Waals surface area contributed by atoms with Crippen LogP contribution in [0.4, 0.5) is 21.0 Å². The molecule has 2 amide bonds. The Kier molecular flexibility index (Phi) is 5.11. The van der Waals surface area contributed by atoms with Crippen molar-refractivity contribution in [1.82, 2.24) is 4.90 Å². The first-order chi connectivity index (χ1) is 16.1. The summed E-state index contributed by atoms with van der Waals surface area (Å²) in [5.41, 5.74) is 5.08. The van der Waals surface area contributed by atoms with Crippen molar-refractivity contribution in [3.63, 3.8) is 0 Å². The molecule has 1 aliphatic carbocycles. The van der Waals surface area contributed by atoms with Crippen LogP contribution in [0.3, 0.4) is 0 Å². The van der Waals surface area contributed by atoms with E-state index in [1.54, 1.807) is 17.0 Å². The second-order valence-corrected chi connectivity index (χ2v) is 9.85. The van der Waals surface area contributed by atoms with Gasteiger partial charge in [0.15, 0.2) is 5.78 Å². The number of hydrogen-bond acceptors (Lipinski definition) is 6. The zero-order chi connectivity index (χ0) is 24.2. The van der Waals surface area contributed by atoms with E-state index in [2.05, 4.69) is 21.2 Å². The first-order valence-electron chi connectivity index (χ1n) is 11.3. The molecule has 3 aliphatic rings. The second kappa shape index (κ2) is 7.90. The molecule has 1 unspecified atom stereocenters. The Balaban J connectivity index is 1.33. The van der Waals surface area contributed by atoms with Gasteiger partial charge in [0.2, 0.25) is 0 Å². The summed E-state index contributed by atoms with van der Waals surface area (Å²) in [6.45, 7) is 7.54. The summed E-state index contributed by atoms with van der Waals surface area (Å²) >= 11 is 0. The number of carbonyl (C=O) groups is 3. The smallest absolute Gasteiger partial charge is 0.411 e. The zero-order valence-electron chi connectivity index (χ0n) is 19.7. The van der Waals surface area contributed by atoms with Crippen molar-refractivity contribution in [2.24, 2.45) is 5.92 Å². The van der Waals surface area contributed by atoms with Crippen LogP contribution in [0.2, 0.25) is 0 Å². The topological polar surface area (TPSA) is 88.2 Å². The van der Waals surface area contributed by atoms with Crippen LogP contribution in [0.25, 0.3) is 11.1 Å². The summed E-state index contributed by atoms with van der Waals surface area (Å²) in [6.07, 6.45) is 1.22. The van der Waals surface area contributed by atoms with Gasteiger partial charge in [-0.05, 0) is 61.7 Å². The summed E-state index contributed by atoms with van der Waals surface area (Å²) < 4.78 is 10.1. The molecule has 1 atom stereocenters. The first kappa shape index (κ1) is 22.0. The van der Waals surface area contributed by atoms with Crippen LogP contribution in [-0.4, -0.2) is 55.2 Å². The molecule has 2 heterocycles. The summed E-state index contributed by atoms with van der Waals surface area (Å²) in [5.74, 6) is 0.184. The maximum Gasteiger partial charge on any atom is 0.411 e. The van der Waals surface area contributed by atoms with Gasteiger partial charge >= 0.3 is 12.2 Å². The molecule has 2 aromatic rings. The molecule has 1 saturated heterocycles. The van der Waals surface area contributed by atoms with Crippen LogP contribution in [0.15, 0.2) is 48.2 Å². The predicted molar refractivity (Wildman–Crippen MR) is 128 cm³/mol. The van der Waals surface area contributed by atoms with Gasteiger partial charge in [0.25, 0.3) is 0 Å². The number of hydrogen-bond donors (Lipinski definition) is 1. The highest BCUT2D eigenvalue weighted by Crippen LogP contribution is 2.41. The number of nitrogens with zero attached hydrogens (tertiary/aromatic N) is 2. The average Bonchev–Trinajstić information content (AvgIpc) is 3.43. The molecule has 2 aliphatic heterocycles. The Morgan fingerprint density at radius 3 is 2.38 bits per heavy atom. The number of anilines is 2. The Bertz CT molecular complexity index is 1240. The quantitative estimate of drug-likeness (QED) is 0.598. The van der Waals surface area contributed by atoms with Crippen molar-refractivity contribution in [3.05, 3.63) is 59.3 Å². The third-order valence-corrected chi connectivity index (χ3v) is 6.29. The van der Waals surface area contributed by atoms with Crippen LogP contribution < -0.4 is 10.2 Å². The van der Waals surface area contributed by atoms with Gasteiger partial charge in [-0.2, -0.15) is 0 Å². The van der Waals surface area contributed by atoms with E-state index >= 15 is 0 Å². The molecule has 8 heteroatoms. The van der Waals surface area contributed by atoms with Gasteiger partial charge in [0, 0.05) is 54.3 Å². The number of benzene rings is 2. The number of amides is 2. The molecule has 8 nitrogen and oxygen atoms in total. The summed E-state index contributed by atoms with van der Waals surface area (Å²) in [7, 11) is 1.29. The maximum atomic E-state index is 13.2. The SMILES string of the molecule is COC(=O)Nc1ccc2c(c1)C(=O)c1cc(N3C=C4CN(C(=O)OC(C)(C)C)CC4C3)ccc1-2. The lowest BCUT2D eigenvalue weighted by atomic mass is 10.0. The minimum atomic E-state index is -0.581. The number of rotatable bonds is 2. The van der Waals surface area contributed by atoms with E-state index in [0.717, 1.165) is 23.4 Å². The normalized spacial score (nSPS) is 18.3. The molecule has 2 aromatic carbocycles. The lowest BCUT2D eigenvalue weighted by Gasteiger charge is -2.25. The first-order valence-corrected chi connectivity index (χ1v) is 11.3. The summed E-state index contributed by atoms with van der Waals surface area (Å²) in [4.78, 5) is 41.0.